The lowest BCUT2D eigenvalue weighted by Crippen LogP contribution is -2.56. The summed E-state index contributed by atoms with van der Waals surface area (Å²) < 4.78 is 0. The van der Waals surface area contributed by atoms with Crippen molar-refractivity contribution in [3.63, 3.8) is 0 Å². The Bertz CT molecular complexity index is 955. The second-order valence-electron chi connectivity index (χ2n) is 8.55. The smallest absolute Gasteiger partial charge is 0.251 e. The predicted molar refractivity (Wildman–Crippen MR) is 121 cm³/mol. The van der Waals surface area contributed by atoms with Gasteiger partial charge in [0.2, 0.25) is 5.91 Å². The lowest BCUT2D eigenvalue weighted by atomic mass is 10.00. The van der Waals surface area contributed by atoms with Crippen molar-refractivity contribution >= 4 is 17.6 Å². The second-order valence-corrected chi connectivity index (χ2v) is 8.55. The third-order valence-electron chi connectivity index (χ3n) is 6.17. The van der Waals surface area contributed by atoms with E-state index in [2.05, 4.69) is 44.8 Å². The molecule has 31 heavy (non-hydrogen) atoms. The highest BCUT2D eigenvalue weighted by atomic mass is 16.2. The fourth-order valence-corrected chi connectivity index (χ4v) is 4.23. The first-order valence-electron chi connectivity index (χ1n) is 11.1. The number of carbonyl (C=O) groups excluding carboxylic acids is 2. The number of benzene rings is 1. The fraction of sp³-hybridized carbons (Fsp3) is 0.458. The molecule has 0 spiro atoms. The van der Waals surface area contributed by atoms with E-state index in [1.807, 2.05) is 13.0 Å². The standard InChI is InChI=1S/C24H31N5O2/c1-17-13-26-23(27-21-15-29(16-21)18(2)30)12-22(17)24(31)25-9-5-10-28-11-8-19-6-3-4-7-20(19)14-28/h3-4,6-7,12-13,21H,5,8-11,14-16H2,1-2H3,(H,25,31)(H,26,27). The number of hydrogen-bond donors (Lipinski definition) is 2. The van der Waals surface area contributed by atoms with Gasteiger partial charge in [-0.3, -0.25) is 14.5 Å². The summed E-state index contributed by atoms with van der Waals surface area (Å²) in [7, 11) is 0. The molecular weight excluding hydrogens is 390 g/mol. The van der Waals surface area contributed by atoms with Gasteiger partial charge in [-0.15, -0.1) is 0 Å². The Labute approximate surface area is 183 Å². The molecule has 0 aliphatic carbocycles. The average Bonchev–Trinajstić information content (AvgIpc) is 2.74. The van der Waals surface area contributed by atoms with Crippen LogP contribution in [0.25, 0.3) is 0 Å². The molecule has 1 aromatic carbocycles. The summed E-state index contributed by atoms with van der Waals surface area (Å²) in [5.74, 6) is 0.700. The zero-order valence-corrected chi connectivity index (χ0v) is 18.4. The lowest BCUT2D eigenvalue weighted by Gasteiger charge is -2.39. The van der Waals surface area contributed by atoms with E-state index in [0.717, 1.165) is 38.0 Å². The molecule has 1 aromatic heterocycles. The predicted octanol–water partition coefficient (Wildman–Crippen LogP) is 2.21. The van der Waals surface area contributed by atoms with Crippen molar-refractivity contribution in [3.8, 4) is 0 Å². The monoisotopic (exact) mass is 421 g/mol. The minimum Gasteiger partial charge on any atom is -0.364 e. The molecule has 7 heteroatoms. The number of rotatable bonds is 7. The highest BCUT2D eigenvalue weighted by Crippen LogP contribution is 2.19. The molecule has 2 aliphatic heterocycles. The third kappa shape index (κ3) is 5.22. The Hall–Kier alpha value is -2.93. The topological polar surface area (TPSA) is 77.6 Å². The van der Waals surface area contributed by atoms with Crippen LogP contribution >= 0.6 is 0 Å². The molecule has 164 valence electrons. The molecule has 0 saturated carbocycles. The van der Waals surface area contributed by atoms with Crippen LogP contribution in [0.5, 0.6) is 0 Å². The van der Waals surface area contributed by atoms with Gasteiger partial charge >= 0.3 is 0 Å². The molecule has 2 N–H and O–H groups in total. The quantitative estimate of drug-likeness (QED) is 0.671. The van der Waals surface area contributed by atoms with E-state index >= 15 is 0 Å². The number of nitrogens with zero attached hydrogens (tertiary/aromatic N) is 3. The molecule has 0 bridgehead atoms. The summed E-state index contributed by atoms with van der Waals surface area (Å²) >= 11 is 0. The molecule has 7 nitrogen and oxygen atoms in total. The van der Waals surface area contributed by atoms with E-state index in [9.17, 15) is 9.59 Å². The summed E-state index contributed by atoms with van der Waals surface area (Å²) in [4.78, 5) is 32.7. The largest absolute Gasteiger partial charge is 0.364 e. The summed E-state index contributed by atoms with van der Waals surface area (Å²) in [6.45, 7) is 8.52. The van der Waals surface area contributed by atoms with Gasteiger partial charge in [0, 0.05) is 58.0 Å². The van der Waals surface area contributed by atoms with E-state index in [1.165, 1.54) is 11.1 Å². The molecule has 1 fully saturated rings. The first-order chi connectivity index (χ1) is 15.0. The molecule has 2 aromatic rings. The Balaban J connectivity index is 1.23. The lowest BCUT2D eigenvalue weighted by molar-refractivity contribution is -0.132. The molecule has 4 rings (SSSR count). The summed E-state index contributed by atoms with van der Waals surface area (Å²) in [6.07, 6.45) is 3.75. The van der Waals surface area contributed by atoms with Gasteiger partial charge < -0.3 is 15.5 Å². The van der Waals surface area contributed by atoms with Crippen LogP contribution in [0.1, 0.15) is 40.4 Å². The van der Waals surface area contributed by atoms with Crippen LogP contribution in [0.4, 0.5) is 5.82 Å². The van der Waals surface area contributed by atoms with Crippen molar-refractivity contribution in [2.75, 3.05) is 38.0 Å². The van der Waals surface area contributed by atoms with Crippen LogP contribution < -0.4 is 10.6 Å². The number of aryl methyl sites for hydroxylation is 1. The Morgan fingerprint density at radius 3 is 2.74 bits per heavy atom. The van der Waals surface area contributed by atoms with Gasteiger partial charge in [-0.2, -0.15) is 0 Å². The zero-order chi connectivity index (χ0) is 21.8. The SMILES string of the molecule is CC(=O)N1CC(Nc2cc(C(=O)NCCCN3CCc4ccccc4C3)c(C)cn2)C1. The fourth-order valence-electron chi connectivity index (χ4n) is 4.23. The number of anilines is 1. The van der Waals surface area contributed by atoms with Crippen LogP contribution in [0, 0.1) is 6.92 Å². The van der Waals surface area contributed by atoms with E-state index in [4.69, 9.17) is 0 Å². The Morgan fingerprint density at radius 2 is 1.97 bits per heavy atom. The molecule has 2 amide bonds. The Kier molecular flexibility index (Phi) is 6.51. The van der Waals surface area contributed by atoms with Crippen molar-refractivity contribution in [2.45, 2.75) is 39.3 Å². The minimum atomic E-state index is -0.0640. The Morgan fingerprint density at radius 1 is 1.19 bits per heavy atom. The van der Waals surface area contributed by atoms with Crippen molar-refractivity contribution in [2.24, 2.45) is 0 Å². The van der Waals surface area contributed by atoms with E-state index in [-0.39, 0.29) is 17.9 Å². The summed E-state index contributed by atoms with van der Waals surface area (Å²) in [5.41, 5.74) is 4.38. The molecule has 0 atom stereocenters. The van der Waals surface area contributed by atoms with Gasteiger partial charge in [-0.25, -0.2) is 4.98 Å². The number of aromatic nitrogens is 1. The van der Waals surface area contributed by atoms with Gasteiger partial charge in [0.1, 0.15) is 5.82 Å². The van der Waals surface area contributed by atoms with Gasteiger partial charge in [0.25, 0.3) is 5.91 Å². The third-order valence-corrected chi connectivity index (χ3v) is 6.17. The first kappa shape index (κ1) is 21.3. The summed E-state index contributed by atoms with van der Waals surface area (Å²) in [6, 6.07) is 10.6. The minimum absolute atomic E-state index is 0.0640. The maximum Gasteiger partial charge on any atom is 0.251 e. The normalized spacial score (nSPS) is 16.4. The van der Waals surface area contributed by atoms with Gasteiger partial charge in [-0.1, -0.05) is 24.3 Å². The number of pyridine rings is 1. The molecule has 2 aliphatic rings. The average molecular weight is 422 g/mol. The maximum absolute atomic E-state index is 12.7. The highest BCUT2D eigenvalue weighted by Gasteiger charge is 2.28. The number of amides is 2. The number of fused-ring (bicyclic) bond motifs is 1. The molecule has 3 heterocycles. The molecule has 0 radical (unpaired) electrons. The van der Waals surface area contributed by atoms with Crippen LogP contribution in [0.15, 0.2) is 36.5 Å². The van der Waals surface area contributed by atoms with Gasteiger partial charge in [0.15, 0.2) is 0 Å². The van der Waals surface area contributed by atoms with Crippen molar-refractivity contribution in [1.82, 2.24) is 20.1 Å². The van der Waals surface area contributed by atoms with Gasteiger partial charge in [0.05, 0.1) is 6.04 Å². The van der Waals surface area contributed by atoms with E-state index in [1.54, 1.807) is 18.0 Å². The van der Waals surface area contributed by atoms with Crippen molar-refractivity contribution in [1.29, 1.82) is 0 Å². The van der Waals surface area contributed by atoms with Crippen molar-refractivity contribution in [3.05, 3.63) is 58.8 Å². The van der Waals surface area contributed by atoms with Crippen LogP contribution in [0.2, 0.25) is 0 Å². The molecule has 0 unspecified atom stereocenters. The number of hydrogen-bond acceptors (Lipinski definition) is 5. The van der Waals surface area contributed by atoms with Crippen LogP contribution in [0.3, 0.4) is 0 Å². The zero-order valence-electron chi connectivity index (χ0n) is 18.4. The summed E-state index contributed by atoms with van der Waals surface area (Å²) in [5, 5.41) is 6.37. The van der Waals surface area contributed by atoms with Crippen LogP contribution in [-0.2, 0) is 17.8 Å². The number of likely N-dealkylation sites (tertiary alicyclic amines) is 1. The first-order valence-corrected chi connectivity index (χ1v) is 11.1. The maximum atomic E-state index is 12.7. The number of nitrogens with one attached hydrogen (secondary N) is 2. The van der Waals surface area contributed by atoms with Gasteiger partial charge in [-0.05, 0) is 42.5 Å². The molecular formula is C24H31N5O2. The van der Waals surface area contributed by atoms with Crippen molar-refractivity contribution < 1.29 is 9.59 Å². The van der Waals surface area contributed by atoms with E-state index in [0.29, 0.717) is 31.0 Å². The van der Waals surface area contributed by atoms with Crippen LogP contribution in [-0.4, -0.2) is 65.4 Å². The van der Waals surface area contributed by atoms with E-state index < -0.39 is 0 Å². The second kappa shape index (κ2) is 9.47. The highest BCUT2D eigenvalue weighted by molar-refractivity contribution is 5.96. The number of carbonyl (C=O) groups is 2. The molecule has 1 saturated heterocycles.